The van der Waals surface area contributed by atoms with Crippen molar-refractivity contribution >= 4 is 22.7 Å². The maximum Gasteiger partial charge on any atom is 0.257 e. The van der Waals surface area contributed by atoms with Crippen LogP contribution in [0.3, 0.4) is 0 Å². The third-order valence-corrected chi connectivity index (χ3v) is 2.89. The first-order valence-corrected chi connectivity index (χ1v) is 5.16. The van der Waals surface area contributed by atoms with Crippen molar-refractivity contribution in [2.45, 2.75) is 6.92 Å². The number of benzene rings is 1. The maximum absolute atomic E-state index is 13.4. The van der Waals surface area contributed by atoms with E-state index in [1.54, 1.807) is 6.07 Å². The van der Waals surface area contributed by atoms with Crippen LogP contribution < -0.4 is 0 Å². The van der Waals surface area contributed by atoms with Gasteiger partial charge in [-0.3, -0.25) is 4.79 Å². The Morgan fingerprint density at radius 1 is 1.50 bits per heavy atom. The molecule has 0 spiro atoms. The quantitative estimate of drug-likeness (QED) is 0.709. The van der Waals surface area contributed by atoms with Gasteiger partial charge in [-0.25, -0.2) is 9.38 Å². The van der Waals surface area contributed by atoms with Gasteiger partial charge in [0.25, 0.3) is 5.91 Å². The second-order valence-electron chi connectivity index (χ2n) is 3.08. The molecule has 1 heterocycles. The molecule has 0 fully saturated rings. The molecule has 2 nitrogen and oxygen atoms in total. The Morgan fingerprint density at radius 3 is 2.86 bits per heavy atom. The number of nitrogens with zero attached hydrogens (tertiary/aromatic N) is 1. The van der Waals surface area contributed by atoms with Gasteiger partial charge >= 0.3 is 0 Å². The SMILES string of the molecule is Cc1ccc(C2=NC(=O)CS2)c(F)c1. The third kappa shape index (κ3) is 1.70. The highest BCUT2D eigenvalue weighted by atomic mass is 32.2. The minimum Gasteiger partial charge on any atom is -0.272 e. The number of aliphatic imine (C=N–C) groups is 1. The van der Waals surface area contributed by atoms with Crippen molar-refractivity contribution in [2.75, 3.05) is 5.75 Å². The molecule has 0 N–H and O–H groups in total. The van der Waals surface area contributed by atoms with Crippen LogP contribution in [0.15, 0.2) is 23.2 Å². The van der Waals surface area contributed by atoms with Crippen molar-refractivity contribution in [3.8, 4) is 0 Å². The van der Waals surface area contributed by atoms with Gasteiger partial charge in [-0.1, -0.05) is 17.8 Å². The van der Waals surface area contributed by atoms with Crippen LogP contribution >= 0.6 is 11.8 Å². The largest absolute Gasteiger partial charge is 0.272 e. The van der Waals surface area contributed by atoms with Gasteiger partial charge in [0.15, 0.2) is 0 Å². The molecular weight excluding hydrogens is 201 g/mol. The second-order valence-corrected chi connectivity index (χ2v) is 4.05. The van der Waals surface area contributed by atoms with Crippen molar-refractivity contribution in [3.05, 3.63) is 35.1 Å². The van der Waals surface area contributed by atoms with Crippen LogP contribution in [0.2, 0.25) is 0 Å². The molecule has 0 aromatic heterocycles. The number of thioether (sulfide) groups is 1. The lowest BCUT2D eigenvalue weighted by atomic mass is 10.1. The van der Waals surface area contributed by atoms with Crippen molar-refractivity contribution < 1.29 is 9.18 Å². The zero-order valence-corrected chi connectivity index (χ0v) is 8.40. The highest BCUT2D eigenvalue weighted by Gasteiger charge is 2.18. The van der Waals surface area contributed by atoms with Gasteiger partial charge < -0.3 is 0 Å². The summed E-state index contributed by atoms with van der Waals surface area (Å²) in [5.41, 5.74) is 1.28. The second kappa shape index (κ2) is 3.53. The summed E-state index contributed by atoms with van der Waals surface area (Å²) in [7, 11) is 0. The zero-order valence-electron chi connectivity index (χ0n) is 7.58. The van der Waals surface area contributed by atoms with Crippen molar-refractivity contribution in [3.63, 3.8) is 0 Å². The van der Waals surface area contributed by atoms with E-state index in [1.807, 2.05) is 13.0 Å². The van der Waals surface area contributed by atoms with Crippen LogP contribution in [-0.2, 0) is 4.79 Å². The summed E-state index contributed by atoms with van der Waals surface area (Å²) < 4.78 is 13.4. The lowest BCUT2D eigenvalue weighted by Crippen LogP contribution is -1.96. The molecule has 2 rings (SSSR count). The number of carbonyl (C=O) groups is 1. The molecule has 14 heavy (non-hydrogen) atoms. The standard InChI is InChI=1S/C10H8FNOS/c1-6-2-3-7(8(11)4-6)10-12-9(13)5-14-10/h2-4H,5H2,1H3. The van der Waals surface area contributed by atoms with E-state index in [2.05, 4.69) is 4.99 Å². The molecule has 1 aromatic carbocycles. The van der Waals surface area contributed by atoms with E-state index in [9.17, 15) is 9.18 Å². The number of hydrogen-bond acceptors (Lipinski definition) is 2. The first-order valence-electron chi connectivity index (χ1n) is 4.17. The minimum atomic E-state index is -0.314. The van der Waals surface area contributed by atoms with Crippen LogP contribution in [0.4, 0.5) is 4.39 Å². The lowest BCUT2D eigenvalue weighted by Gasteiger charge is -2.01. The maximum atomic E-state index is 13.4. The van der Waals surface area contributed by atoms with Crippen molar-refractivity contribution in [2.24, 2.45) is 4.99 Å². The number of aryl methyl sites for hydroxylation is 1. The molecule has 4 heteroatoms. The van der Waals surface area contributed by atoms with Crippen molar-refractivity contribution in [1.29, 1.82) is 0 Å². The number of hydrogen-bond donors (Lipinski definition) is 0. The predicted molar refractivity (Wildman–Crippen MR) is 55.1 cm³/mol. The van der Waals surface area contributed by atoms with Crippen LogP contribution in [0.25, 0.3) is 0 Å². The molecular formula is C10H8FNOS. The minimum absolute atomic E-state index is 0.190. The Hall–Kier alpha value is -1.16. The van der Waals surface area contributed by atoms with Crippen LogP contribution in [0.5, 0.6) is 0 Å². The van der Waals surface area contributed by atoms with Gasteiger partial charge in [-0.05, 0) is 24.6 Å². The van der Waals surface area contributed by atoms with Gasteiger partial charge in [-0.2, -0.15) is 0 Å². The number of carbonyl (C=O) groups excluding carboxylic acids is 1. The average Bonchev–Trinajstić information content (AvgIpc) is 2.51. The van der Waals surface area contributed by atoms with E-state index >= 15 is 0 Å². The summed E-state index contributed by atoms with van der Waals surface area (Å²) in [5, 5.41) is 0.493. The Kier molecular flexibility index (Phi) is 2.37. The van der Waals surface area contributed by atoms with E-state index in [1.165, 1.54) is 17.8 Å². The Balaban J connectivity index is 2.42. The van der Waals surface area contributed by atoms with E-state index in [4.69, 9.17) is 0 Å². The molecule has 72 valence electrons. The molecule has 1 aromatic rings. The smallest absolute Gasteiger partial charge is 0.257 e. The normalized spacial score (nSPS) is 15.9. The van der Waals surface area contributed by atoms with Crippen LogP contribution in [-0.4, -0.2) is 16.7 Å². The van der Waals surface area contributed by atoms with Crippen LogP contribution in [0, 0.1) is 12.7 Å². The van der Waals surface area contributed by atoms with Crippen LogP contribution in [0.1, 0.15) is 11.1 Å². The summed E-state index contributed by atoms with van der Waals surface area (Å²) in [6.07, 6.45) is 0. The van der Waals surface area contributed by atoms with Gasteiger partial charge in [0.2, 0.25) is 0 Å². The lowest BCUT2D eigenvalue weighted by molar-refractivity contribution is -0.115. The van der Waals surface area contributed by atoms with E-state index in [0.717, 1.165) is 5.56 Å². The molecule has 1 aliphatic rings. The van der Waals surface area contributed by atoms with Gasteiger partial charge in [0.1, 0.15) is 10.9 Å². The predicted octanol–water partition coefficient (Wildman–Crippen LogP) is 2.15. The molecule has 0 aliphatic carbocycles. The number of halogens is 1. The van der Waals surface area contributed by atoms with Gasteiger partial charge in [-0.15, -0.1) is 0 Å². The zero-order chi connectivity index (χ0) is 10.1. The Labute approximate surface area is 85.2 Å². The summed E-state index contributed by atoms with van der Waals surface area (Å²) in [6, 6.07) is 4.92. The monoisotopic (exact) mass is 209 g/mol. The van der Waals surface area contributed by atoms with E-state index in [-0.39, 0.29) is 11.7 Å². The molecule has 0 saturated heterocycles. The summed E-state index contributed by atoms with van der Waals surface area (Å²) in [6.45, 7) is 1.82. The molecule has 1 amide bonds. The molecule has 0 radical (unpaired) electrons. The Morgan fingerprint density at radius 2 is 2.29 bits per heavy atom. The summed E-state index contributed by atoms with van der Waals surface area (Å²) >= 11 is 1.28. The fourth-order valence-electron chi connectivity index (χ4n) is 1.24. The topological polar surface area (TPSA) is 29.4 Å². The fraction of sp³-hybridized carbons (Fsp3) is 0.200. The molecule has 1 aliphatic heterocycles. The first kappa shape index (κ1) is 9.40. The third-order valence-electron chi connectivity index (χ3n) is 1.91. The molecule has 0 saturated carbocycles. The van der Waals surface area contributed by atoms with E-state index < -0.39 is 0 Å². The summed E-state index contributed by atoms with van der Waals surface area (Å²) in [4.78, 5) is 14.6. The Bertz CT molecular complexity index is 428. The number of rotatable bonds is 1. The summed E-state index contributed by atoms with van der Waals surface area (Å²) in [5.74, 6) is -0.182. The first-order chi connectivity index (χ1) is 6.66. The molecule has 0 bridgehead atoms. The molecule has 0 unspecified atom stereocenters. The molecule has 0 atom stereocenters. The van der Waals surface area contributed by atoms with E-state index in [0.29, 0.717) is 16.4 Å². The number of amides is 1. The average molecular weight is 209 g/mol. The fourth-order valence-corrected chi connectivity index (χ4v) is 2.05. The van der Waals surface area contributed by atoms with Gasteiger partial charge in [0.05, 0.1) is 5.75 Å². The van der Waals surface area contributed by atoms with Gasteiger partial charge in [0, 0.05) is 5.56 Å². The highest BCUT2D eigenvalue weighted by Crippen LogP contribution is 2.22. The van der Waals surface area contributed by atoms with Crippen molar-refractivity contribution in [1.82, 2.24) is 0 Å². The highest BCUT2D eigenvalue weighted by molar-refractivity contribution is 8.15.